The molecule has 1 amide bonds. The highest BCUT2D eigenvalue weighted by atomic mass is 19.1. The maximum absolute atomic E-state index is 13.6. The summed E-state index contributed by atoms with van der Waals surface area (Å²) in [6, 6.07) is 6.97. The highest BCUT2D eigenvalue weighted by molar-refractivity contribution is 5.86. The first kappa shape index (κ1) is 18.8. The number of benzene rings is 1. The van der Waals surface area contributed by atoms with Crippen molar-refractivity contribution >= 4 is 5.91 Å². The number of rotatable bonds is 3. The molecule has 1 aromatic carbocycles. The van der Waals surface area contributed by atoms with Crippen molar-refractivity contribution < 1.29 is 9.18 Å². The van der Waals surface area contributed by atoms with Crippen molar-refractivity contribution in [3.05, 3.63) is 35.6 Å². The molecule has 0 saturated carbocycles. The molecule has 148 valence electrons. The van der Waals surface area contributed by atoms with Gasteiger partial charge in [0.2, 0.25) is 5.91 Å². The Bertz CT molecular complexity index is 676. The van der Waals surface area contributed by atoms with Crippen LogP contribution >= 0.6 is 0 Å². The summed E-state index contributed by atoms with van der Waals surface area (Å²) in [5.74, 6) is 0.382. The van der Waals surface area contributed by atoms with E-state index in [0.29, 0.717) is 5.92 Å². The summed E-state index contributed by atoms with van der Waals surface area (Å²) < 4.78 is 13.6. The number of nitrogens with one attached hydrogen (secondary N) is 3. The van der Waals surface area contributed by atoms with Crippen LogP contribution in [0.4, 0.5) is 4.39 Å². The van der Waals surface area contributed by atoms with Gasteiger partial charge in [0, 0.05) is 45.2 Å². The van der Waals surface area contributed by atoms with Crippen molar-refractivity contribution in [2.45, 2.75) is 30.8 Å². The standard InChI is InChI=1S/C20H30FN5O/c1-25-9-3-8-22-19(27)20(25)6-10-26(11-7-20)14-16-13-23-24-18(16)15-4-2-5-17(21)12-15/h2,4-5,12,16,18,23-24H,3,6-11,13-14H2,1H3,(H,22,27). The molecule has 3 aliphatic rings. The van der Waals surface area contributed by atoms with Gasteiger partial charge in [-0.3, -0.25) is 15.1 Å². The zero-order valence-electron chi connectivity index (χ0n) is 16.0. The van der Waals surface area contributed by atoms with Crippen molar-refractivity contribution in [1.82, 2.24) is 26.0 Å². The lowest BCUT2D eigenvalue weighted by Crippen LogP contribution is -2.61. The summed E-state index contributed by atoms with van der Waals surface area (Å²) in [5, 5.41) is 3.10. The molecular weight excluding hydrogens is 345 g/mol. The Morgan fingerprint density at radius 1 is 1.26 bits per heavy atom. The molecule has 3 saturated heterocycles. The fourth-order valence-electron chi connectivity index (χ4n) is 4.88. The minimum Gasteiger partial charge on any atom is -0.354 e. The van der Waals surface area contributed by atoms with E-state index >= 15 is 0 Å². The largest absolute Gasteiger partial charge is 0.354 e. The Kier molecular flexibility index (Phi) is 5.45. The highest BCUT2D eigenvalue weighted by Crippen LogP contribution is 2.32. The van der Waals surface area contributed by atoms with Gasteiger partial charge in [0.15, 0.2) is 0 Å². The van der Waals surface area contributed by atoms with E-state index in [2.05, 4.69) is 33.0 Å². The SMILES string of the molecule is CN1CCCNC(=O)C12CCN(CC1CNNC1c1cccc(F)c1)CC2. The van der Waals surface area contributed by atoms with Gasteiger partial charge in [-0.25, -0.2) is 9.82 Å². The molecule has 0 radical (unpaired) electrons. The Morgan fingerprint density at radius 2 is 2.07 bits per heavy atom. The number of likely N-dealkylation sites (tertiary alicyclic amines) is 1. The number of hydrogen-bond donors (Lipinski definition) is 3. The van der Waals surface area contributed by atoms with Gasteiger partial charge in [-0.15, -0.1) is 0 Å². The topological polar surface area (TPSA) is 59.6 Å². The van der Waals surface area contributed by atoms with Crippen molar-refractivity contribution in [1.29, 1.82) is 0 Å². The van der Waals surface area contributed by atoms with E-state index < -0.39 is 0 Å². The van der Waals surface area contributed by atoms with E-state index in [4.69, 9.17) is 0 Å². The van der Waals surface area contributed by atoms with Crippen molar-refractivity contribution in [2.24, 2.45) is 5.92 Å². The molecule has 3 heterocycles. The maximum atomic E-state index is 13.6. The van der Waals surface area contributed by atoms with Crippen molar-refractivity contribution in [2.75, 3.05) is 46.3 Å². The average Bonchev–Trinajstić information content (AvgIpc) is 3.08. The molecule has 0 aliphatic carbocycles. The molecule has 4 rings (SSSR count). The van der Waals surface area contributed by atoms with Gasteiger partial charge < -0.3 is 10.2 Å². The fourth-order valence-corrected chi connectivity index (χ4v) is 4.88. The lowest BCUT2D eigenvalue weighted by molar-refractivity contribution is -0.134. The van der Waals surface area contributed by atoms with Gasteiger partial charge in [0.05, 0.1) is 6.04 Å². The lowest BCUT2D eigenvalue weighted by Gasteiger charge is -2.45. The summed E-state index contributed by atoms with van der Waals surface area (Å²) >= 11 is 0. The summed E-state index contributed by atoms with van der Waals surface area (Å²) in [5.41, 5.74) is 7.18. The molecule has 6 nitrogen and oxygen atoms in total. The van der Waals surface area contributed by atoms with E-state index in [1.54, 1.807) is 12.1 Å². The van der Waals surface area contributed by atoms with Crippen LogP contribution in [0.25, 0.3) is 0 Å². The maximum Gasteiger partial charge on any atom is 0.240 e. The zero-order valence-corrected chi connectivity index (χ0v) is 16.0. The number of nitrogens with zero attached hydrogens (tertiary/aromatic N) is 2. The van der Waals surface area contributed by atoms with Crippen LogP contribution in [0.5, 0.6) is 0 Å². The van der Waals surface area contributed by atoms with E-state index in [0.717, 1.165) is 64.1 Å². The van der Waals surface area contributed by atoms with Crippen LogP contribution in [0.3, 0.4) is 0 Å². The van der Waals surface area contributed by atoms with E-state index in [-0.39, 0.29) is 23.3 Å². The first-order chi connectivity index (χ1) is 13.1. The fraction of sp³-hybridized carbons (Fsp3) is 0.650. The quantitative estimate of drug-likeness (QED) is 0.732. The van der Waals surface area contributed by atoms with Crippen LogP contribution in [0.2, 0.25) is 0 Å². The molecule has 2 atom stereocenters. The predicted molar refractivity (Wildman–Crippen MR) is 102 cm³/mol. The van der Waals surface area contributed by atoms with Gasteiger partial charge >= 0.3 is 0 Å². The van der Waals surface area contributed by atoms with Crippen LogP contribution in [-0.4, -0.2) is 67.6 Å². The highest BCUT2D eigenvalue weighted by Gasteiger charge is 2.45. The Morgan fingerprint density at radius 3 is 2.85 bits per heavy atom. The Labute approximate surface area is 160 Å². The minimum absolute atomic E-state index is 0.112. The van der Waals surface area contributed by atoms with Crippen LogP contribution in [-0.2, 0) is 4.79 Å². The number of carbonyl (C=O) groups excluding carboxylic acids is 1. The number of hydrogen-bond acceptors (Lipinski definition) is 5. The van der Waals surface area contributed by atoms with Gasteiger partial charge in [0.25, 0.3) is 0 Å². The number of hydrazine groups is 1. The Hall–Kier alpha value is -1.54. The monoisotopic (exact) mass is 375 g/mol. The third kappa shape index (κ3) is 3.74. The second kappa shape index (κ2) is 7.83. The summed E-state index contributed by atoms with van der Waals surface area (Å²) in [6.07, 6.45) is 2.75. The molecule has 1 aromatic rings. The van der Waals surface area contributed by atoms with Gasteiger partial charge in [-0.1, -0.05) is 12.1 Å². The van der Waals surface area contributed by atoms with Gasteiger partial charge in [-0.2, -0.15) is 0 Å². The zero-order chi connectivity index (χ0) is 18.9. The average molecular weight is 375 g/mol. The van der Waals surface area contributed by atoms with Crippen LogP contribution in [0, 0.1) is 11.7 Å². The van der Waals surface area contributed by atoms with Crippen molar-refractivity contribution in [3.8, 4) is 0 Å². The number of amides is 1. The first-order valence-electron chi connectivity index (χ1n) is 10.0. The molecule has 0 bridgehead atoms. The van der Waals surface area contributed by atoms with Gasteiger partial charge in [-0.05, 0) is 44.0 Å². The molecule has 27 heavy (non-hydrogen) atoms. The summed E-state index contributed by atoms with van der Waals surface area (Å²) in [6.45, 7) is 5.40. The molecular formula is C20H30FN5O. The van der Waals surface area contributed by atoms with Crippen LogP contribution in [0.1, 0.15) is 30.9 Å². The smallest absolute Gasteiger partial charge is 0.240 e. The molecule has 1 spiro atoms. The lowest BCUT2D eigenvalue weighted by atomic mass is 9.84. The van der Waals surface area contributed by atoms with E-state index in [1.165, 1.54) is 6.07 Å². The second-order valence-electron chi connectivity index (χ2n) is 8.18. The Balaban J connectivity index is 1.39. The second-order valence-corrected chi connectivity index (χ2v) is 8.18. The number of halogens is 1. The summed E-state index contributed by atoms with van der Waals surface area (Å²) in [7, 11) is 2.09. The first-order valence-corrected chi connectivity index (χ1v) is 10.0. The number of carbonyl (C=O) groups is 1. The molecule has 3 aliphatic heterocycles. The van der Waals surface area contributed by atoms with E-state index in [1.807, 2.05) is 6.07 Å². The third-order valence-corrected chi connectivity index (χ3v) is 6.59. The normalized spacial score (nSPS) is 29.6. The molecule has 3 N–H and O–H groups in total. The van der Waals surface area contributed by atoms with Crippen LogP contribution in [0.15, 0.2) is 24.3 Å². The van der Waals surface area contributed by atoms with Crippen LogP contribution < -0.4 is 16.2 Å². The van der Waals surface area contributed by atoms with Crippen molar-refractivity contribution in [3.63, 3.8) is 0 Å². The molecule has 0 aromatic heterocycles. The molecule has 3 fully saturated rings. The van der Waals surface area contributed by atoms with Gasteiger partial charge in [0.1, 0.15) is 11.4 Å². The molecule has 2 unspecified atom stereocenters. The number of piperidine rings is 1. The third-order valence-electron chi connectivity index (χ3n) is 6.59. The van der Waals surface area contributed by atoms with E-state index in [9.17, 15) is 9.18 Å². The minimum atomic E-state index is -0.346. The summed E-state index contributed by atoms with van der Waals surface area (Å²) in [4.78, 5) is 17.4. The predicted octanol–water partition coefficient (Wildman–Crippen LogP) is 0.877. The molecule has 7 heteroatoms. The number of likely N-dealkylation sites (N-methyl/N-ethyl adjacent to an activating group) is 1.